The van der Waals surface area contributed by atoms with Crippen LogP contribution in [0.15, 0.2) is 11.6 Å². The molecule has 0 bridgehead atoms. The van der Waals surface area contributed by atoms with Crippen LogP contribution in [0.2, 0.25) is 0 Å². The van der Waals surface area contributed by atoms with Crippen molar-refractivity contribution in [2.75, 3.05) is 21.1 Å². The molecule has 0 fully saturated rings. The molecule has 0 aliphatic rings. The molecule has 0 unspecified atom stereocenters. The first-order valence-electron chi connectivity index (χ1n) is 9.61. The molecule has 2 N–H and O–H groups in total. The molecule has 2 atom stereocenters. The van der Waals surface area contributed by atoms with Crippen LogP contribution in [0, 0.1) is 11.3 Å². The number of carbonyl (C=O) groups excluding carboxylic acids is 2. The fraction of sp³-hybridized carbons (Fsp3) is 0.762. The lowest BCUT2D eigenvalue weighted by molar-refractivity contribution is -0.142. The predicted octanol–water partition coefficient (Wildman–Crippen LogP) is 2.37. The average molecular weight is 398 g/mol. The van der Waals surface area contributed by atoms with E-state index in [9.17, 15) is 19.5 Å². The maximum Gasteiger partial charge on any atom is 0.331 e. The Morgan fingerprint density at radius 1 is 1.00 bits per heavy atom. The van der Waals surface area contributed by atoms with Crippen LogP contribution in [0.1, 0.15) is 55.4 Å². The molecular formula is C21H39N3O4. The van der Waals surface area contributed by atoms with Crippen LogP contribution in [0.25, 0.3) is 0 Å². The van der Waals surface area contributed by atoms with Crippen molar-refractivity contribution in [3.05, 3.63) is 11.6 Å². The van der Waals surface area contributed by atoms with Gasteiger partial charge in [-0.1, -0.05) is 40.7 Å². The van der Waals surface area contributed by atoms with Gasteiger partial charge >= 0.3 is 5.97 Å². The molecule has 0 aromatic carbocycles. The minimum atomic E-state index is -1.01. The molecule has 0 aromatic rings. The Balaban J connectivity index is 5.87. The SMILES string of the molecule is C/C(=C\[C@H](C(C)C)N(C)C(=O)[C@@H](NC(=O)C(C)(C)N(C)C)C(C)(C)C)C(=O)O. The van der Waals surface area contributed by atoms with Crippen LogP contribution in [-0.4, -0.2) is 71.5 Å². The minimum Gasteiger partial charge on any atom is -0.478 e. The highest BCUT2D eigenvalue weighted by Gasteiger charge is 2.40. The Morgan fingerprint density at radius 2 is 1.46 bits per heavy atom. The lowest BCUT2D eigenvalue weighted by Gasteiger charge is -2.39. The number of amides is 2. The van der Waals surface area contributed by atoms with Gasteiger partial charge in [-0.15, -0.1) is 0 Å². The first kappa shape index (κ1) is 26.1. The molecule has 0 aromatic heterocycles. The average Bonchev–Trinajstić information content (AvgIpc) is 2.53. The molecule has 162 valence electrons. The van der Waals surface area contributed by atoms with Crippen molar-refractivity contribution in [1.29, 1.82) is 0 Å². The summed E-state index contributed by atoms with van der Waals surface area (Å²) in [4.78, 5) is 40.8. The van der Waals surface area contributed by atoms with Gasteiger partial charge in [0.15, 0.2) is 0 Å². The van der Waals surface area contributed by atoms with Crippen molar-refractivity contribution in [1.82, 2.24) is 15.1 Å². The largest absolute Gasteiger partial charge is 0.478 e. The Labute approximate surface area is 170 Å². The first-order chi connectivity index (χ1) is 12.4. The molecule has 2 amide bonds. The van der Waals surface area contributed by atoms with Crippen LogP contribution < -0.4 is 5.32 Å². The summed E-state index contributed by atoms with van der Waals surface area (Å²) in [6.07, 6.45) is 1.59. The third-order valence-corrected chi connectivity index (χ3v) is 5.30. The molecule has 0 heterocycles. The van der Waals surface area contributed by atoms with Gasteiger partial charge in [0.25, 0.3) is 0 Å². The zero-order chi connectivity index (χ0) is 22.6. The number of carboxylic acids is 1. The fourth-order valence-electron chi connectivity index (χ4n) is 2.59. The van der Waals surface area contributed by atoms with Gasteiger partial charge in [0.2, 0.25) is 11.8 Å². The van der Waals surface area contributed by atoms with Gasteiger partial charge in [-0.05, 0) is 46.2 Å². The molecule has 28 heavy (non-hydrogen) atoms. The summed E-state index contributed by atoms with van der Waals surface area (Å²) in [5, 5.41) is 12.1. The van der Waals surface area contributed by atoms with E-state index in [4.69, 9.17) is 0 Å². The summed E-state index contributed by atoms with van der Waals surface area (Å²) in [5.41, 5.74) is -1.11. The van der Waals surface area contributed by atoms with Gasteiger partial charge in [-0.2, -0.15) is 0 Å². The van der Waals surface area contributed by atoms with Crippen molar-refractivity contribution in [2.24, 2.45) is 11.3 Å². The number of carbonyl (C=O) groups is 3. The third kappa shape index (κ3) is 6.62. The standard InChI is InChI=1S/C21H39N3O4/c1-13(2)15(12-14(3)18(26)27)24(11)17(25)16(20(4,5)6)22-19(28)21(7,8)23(9)10/h12-13,15-16H,1-11H3,(H,22,28)(H,26,27)/b14-12+/t15-,16-/m1/s1. The van der Waals surface area contributed by atoms with Gasteiger partial charge in [0.05, 0.1) is 11.6 Å². The van der Waals surface area contributed by atoms with E-state index in [1.54, 1.807) is 31.9 Å². The Morgan fingerprint density at radius 3 is 1.79 bits per heavy atom. The monoisotopic (exact) mass is 397 g/mol. The second-order valence-corrected chi connectivity index (χ2v) is 9.56. The number of nitrogens with zero attached hydrogens (tertiary/aromatic N) is 2. The van der Waals surface area contributed by atoms with Gasteiger partial charge in [0, 0.05) is 12.6 Å². The van der Waals surface area contributed by atoms with E-state index in [2.05, 4.69) is 5.32 Å². The van der Waals surface area contributed by atoms with Crippen molar-refractivity contribution < 1.29 is 19.5 Å². The smallest absolute Gasteiger partial charge is 0.331 e. The van der Waals surface area contributed by atoms with E-state index in [1.807, 2.05) is 48.7 Å². The Bertz CT molecular complexity index is 616. The fourth-order valence-corrected chi connectivity index (χ4v) is 2.59. The number of carboxylic acid groups (broad SMARTS) is 1. The van der Waals surface area contributed by atoms with E-state index < -0.39 is 29.0 Å². The van der Waals surface area contributed by atoms with Crippen molar-refractivity contribution >= 4 is 17.8 Å². The van der Waals surface area contributed by atoms with Gasteiger partial charge in [0.1, 0.15) is 6.04 Å². The van der Waals surface area contributed by atoms with E-state index in [0.717, 1.165) is 0 Å². The van der Waals surface area contributed by atoms with Crippen LogP contribution in [0.5, 0.6) is 0 Å². The molecule has 7 nitrogen and oxygen atoms in total. The number of aliphatic carboxylic acids is 1. The van der Waals surface area contributed by atoms with Crippen LogP contribution in [0.4, 0.5) is 0 Å². The Kier molecular flexibility index (Phi) is 8.90. The predicted molar refractivity (Wildman–Crippen MR) is 112 cm³/mol. The summed E-state index contributed by atoms with van der Waals surface area (Å²) in [5.74, 6) is -1.49. The number of hydrogen-bond donors (Lipinski definition) is 2. The molecule has 0 rings (SSSR count). The van der Waals surface area contributed by atoms with Crippen molar-refractivity contribution in [3.63, 3.8) is 0 Å². The lowest BCUT2D eigenvalue weighted by Crippen LogP contribution is -2.61. The van der Waals surface area contributed by atoms with E-state index in [0.29, 0.717) is 0 Å². The molecular weight excluding hydrogens is 358 g/mol. The topological polar surface area (TPSA) is 90.0 Å². The summed E-state index contributed by atoms with van der Waals surface area (Å²) in [6.45, 7) is 14.7. The number of rotatable bonds is 8. The second-order valence-electron chi connectivity index (χ2n) is 9.56. The van der Waals surface area contributed by atoms with E-state index >= 15 is 0 Å². The summed E-state index contributed by atoms with van der Waals surface area (Å²) in [7, 11) is 5.28. The van der Waals surface area contributed by atoms with Gasteiger partial charge in [-0.25, -0.2) is 4.79 Å². The molecule has 0 radical (unpaired) electrons. The van der Waals surface area contributed by atoms with Crippen LogP contribution >= 0.6 is 0 Å². The highest BCUT2D eigenvalue weighted by Crippen LogP contribution is 2.24. The number of likely N-dealkylation sites (N-methyl/N-ethyl adjacent to an activating group) is 2. The molecule has 7 heteroatoms. The molecule has 0 aliphatic carbocycles. The zero-order valence-electron chi connectivity index (χ0n) is 19.4. The lowest BCUT2D eigenvalue weighted by atomic mass is 9.84. The summed E-state index contributed by atoms with van der Waals surface area (Å²) < 4.78 is 0. The third-order valence-electron chi connectivity index (χ3n) is 5.30. The molecule has 0 saturated heterocycles. The second kappa shape index (κ2) is 9.54. The van der Waals surface area contributed by atoms with E-state index in [-0.39, 0.29) is 23.3 Å². The van der Waals surface area contributed by atoms with E-state index in [1.165, 1.54) is 11.8 Å². The summed E-state index contributed by atoms with van der Waals surface area (Å²) >= 11 is 0. The summed E-state index contributed by atoms with van der Waals surface area (Å²) in [6, 6.07) is -1.14. The zero-order valence-corrected chi connectivity index (χ0v) is 19.4. The van der Waals surface area contributed by atoms with Crippen molar-refractivity contribution in [3.8, 4) is 0 Å². The normalized spacial score (nSPS) is 15.4. The van der Waals surface area contributed by atoms with Crippen molar-refractivity contribution in [2.45, 2.75) is 73.0 Å². The van der Waals surface area contributed by atoms with Gasteiger partial charge in [-0.3, -0.25) is 14.5 Å². The minimum absolute atomic E-state index is 0.0118. The Hall–Kier alpha value is -1.89. The highest BCUT2D eigenvalue weighted by atomic mass is 16.4. The number of nitrogens with one attached hydrogen (secondary N) is 1. The maximum absolute atomic E-state index is 13.3. The molecule has 0 aliphatic heterocycles. The van der Waals surface area contributed by atoms with Crippen LogP contribution in [0.3, 0.4) is 0 Å². The molecule has 0 saturated carbocycles. The highest BCUT2D eigenvalue weighted by molar-refractivity contribution is 5.92. The molecule has 0 spiro atoms. The van der Waals surface area contributed by atoms with Crippen LogP contribution in [-0.2, 0) is 14.4 Å². The van der Waals surface area contributed by atoms with Gasteiger partial charge < -0.3 is 15.3 Å². The quantitative estimate of drug-likeness (QED) is 0.614. The first-order valence-corrected chi connectivity index (χ1v) is 9.61. The number of hydrogen-bond acceptors (Lipinski definition) is 4. The maximum atomic E-state index is 13.3.